The summed E-state index contributed by atoms with van der Waals surface area (Å²) in [5, 5.41) is 0.399. The van der Waals surface area contributed by atoms with Gasteiger partial charge < -0.3 is 18.6 Å². The Morgan fingerprint density at radius 2 is 1.66 bits per heavy atom. The lowest BCUT2D eigenvalue weighted by atomic mass is 9.97. The highest BCUT2D eigenvalue weighted by molar-refractivity contribution is 5.85. The van der Waals surface area contributed by atoms with E-state index in [0.717, 1.165) is 0 Å². The minimum Gasteiger partial charge on any atom is -0.493 e. The van der Waals surface area contributed by atoms with Crippen LogP contribution in [0.5, 0.6) is 17.2 Å². The van der Waals surface area contributed by atoms with E-state index in [4.69, 9.17) is 18.6 Å². The molecular weight excluding hydrogens is 372 g/mol. The summed E-state index contributed by atoms with van der Waals surface area (Å²) < 4.78 is 21.9. The number of benzene rings is 2. The summed E-state index contributed by atoms with van der Waals surface area (Å²) in [6, 6.07) is 10.0. The number of ether oxygens (including phenoxy) is 3. The maximum absolute atomic E-state index is 13.2. The third kappa shape index (κ3) is 3.97. The molecule has 0 saturated heterocycles. The van der Waals surface area contributed by atoms with Crippen molar-refractivity contribution in [3.8, 4) is 28.4 Å². The fourth-order valence-corrected chi connectivity index (χ4v) is 2.93. The van der Waals surface area contributed by atoms with Crippen molar-refractivity contribution >= 4 is 16.9 Å². The number of aryl methyl sites for hydroxylation is 1. The van der Waals surface area contributed by atoms with E-state index in [2.05, 4.69) is 0 Å². The monoisotopic (exact) mass is 396 g/mol. The van der Waals surface area contributed by atoms with Crippen LogP contribution in [0.1, 0.15) is 26.5 Å². The molecule has 0 fully saturated rings. The summed E-state index contributed by atoms with van der Waals surface area (Å²) in [5.41, 5.74) is 0.653. The Morgan fingerprint density at radius 1 is 0.966 bits per heavy atom. The molecule has 0 spiro atoms. The van der Waals surface area contributed by atoms with Gasteiger partial charge in [-0.05, 0) is 57.5 Å². The molecule has 6 heteroatoms. The van der Waals surface area contributed by atoms with Gasteiger partial charge in [-0.1, -0.05) is 6.07 Å². The lowest BCUT2D eigenvalue weighted by molar-refractivity contribution is -0.142. The lowest BCUT2D eigenvalue weighted by Gasteiger charge is -2.16. The topological polar surface area (TPSA) is 75.0 Å². The largest absolute Gasteiger partial charge is 0.493 e. The number of esters is 1. The molecule has 0 unspecified atom stereocenters. The zero-order chi connectivity index (χ0) is 21.3. The second-order valence-corrected chi connectivity index (χ2v) is 7.73. The van der Waals surface area contributed by atoms with E-state index in [1.165, 1.54) is 7.11 Å². The molecule has 0 radical (unpaired) electrons. The van der Waals surface area contributed by atoms with Gasteiger partial charge in [-0.2, -0.15) is 0 Å². The van der Waals surface area contributed by atoms with Crippen molar-refractivity contribution in [2.45, 2.75) is 27.7 Å². The molecule has 2 aromatic carbocycles. The molecule has 152 valence electrons. The van der Waals surface area contributed by atoms with Crippen LogP contribution in [0.2, 0.25) is 0 Å². The Labute approximate surface area is 169 Å². The van der Waals surface area contributed by atoms with Crippen LogP contribution < -0.4 is 19.6 Å². The maximum Gasteiger partial charge on any atom is 0.316 e. The van der Waals surface area contributed by atoms with Crippen LogP contribution in [0.3, 0.4) is 0 Å². The molecule has 6 nitrogen and oxygen atoms in total. The number of rotatable bonds is 4. The summed E-state index contributed by atoms with van der Waals surface area (Å²) in [6.07, 6.45) is 0. The summed E-state index contributed by atoms with van der Waals surface area (Å²) in [4.78, 5) is 25.3. The zero-order valence-corrected chi connectivity index (χ0v) is 17.4. The molecule has 29 heavy (non-hydrogen) atoms. The second-order valence-electron chi connectivity index (χ2n) is 7.73. The van der Waals surface area contributed by atoms with Crippen LogP contribution >= 0.6 is 0 Å². The molecular formula is C23H24O6. The minimum atomic E-state index is -0.636. The van der Waals surface area contributed by atoms with Crippen LogP contribution in [-0.4, -0.2) is 20.2 Å². The van der Waals surface area contributed by atoms with Gasteiger partial charge in [0.25, 0.3) is 0 Å². The quantitative estimate of drug-likeness (QED) is 0.468. The van der Waals surface area contributed by atoms with E-state index in [-0.39, 0.29) is 11.4 Å². The van der Waals surface area contributed by atoms with E-state index in [9.17, 15) is 9.59 Å². The molecule has 1 aromatic heterocycles. The summed E-state index contributed by atoms with van der Waals surface area (Å²) in [7, 11) is 3.09. The predicted octanol–water partition coefficient (Wildman–Crippen LogP) is 4.74. The van der Waals surface area contributed by atoms with E-state index < -0.39 is 5.41 Å². The number of fused-ring (bicyclic) bond motifs is 1. The van der Waals surface area contributed by atoms with Crippen molar-refractivity contribution < 1.29 is 23.4 Å². The highest BCUT2D eigenvalue weighted by atomic mass is 16.5. The van der Waals surface area contributed by atoms with Gasteiger partial charge in [0, 0.05) is 6.07 Å². The molecule has 0 atom stereocenters. The van der Waals surface area contributed by atoms with E-state index in [1.54, 1.807) is 71.2 Å². The molecule has 0 aliphatic rings. The van der Waals surface area contributed by atoms with E-state index in [0.29, 0.717) is 45.1 Å². The van der Waals surface area contributed by atoms with Gasteiger partial charge in [0.05, 0.1) is 30.6 Å². The van der Waals surface area contributed by atoms with Crippen molar-refractivity contribution in [1.82, 2.24) is 0 Å². The number of carbonyl (C=O) groups excluding carboxylic acids is 1. The fourth-order valence-electron chi connectivity index (χ4n) is 2.93. The van der Waals surface area contributed by atoms with Gasteiger partial charge in [0.2, 0.25) is 5.43 Å². The van der Waals surface area contributed by atoms with Crippen molar-refractivity contribution in [2.24, 2.45) is 5.41 Å². The summed E-state index contributed by atoms with van der Waals surface area (Å²) in [6.45, 7) is 7.04. The molecule has 0 saturated carbocycles. The molecule has 0 N–H and O–H groups in total. The fraction of sp³-hybridized carbons (Fsp3) is 0.304. The van der Waals surface area contributed by atoms with Crippen LogP contribution in [0.25, 0.3) is 22.1 Å². The molecule has 3 aromatic rings. The number of methoxy groups -OCH3 is 2. The second kappa shape index (κ2) is 7.62. The van der Waals surface area contributed by atoms with Crippen molar-refractivity contribution in [1.29, 1.82) is 0 Å². The van der Waals surface area contributed by atoms with E-state index in [1.807, 2.05) is 0 Å². The molecule has 0 amide bonds. The number of hydrogen-bond donors (Lipinski definition) is 0. The molecule has 0 aliphatic heterocycles. The maximum atomic E-state index is 13.2. The van der Waals surface area contributed by atoms with Crippen molar-refractivity contribution in [2.75, 3.05) is 14.2 Å². The van der Waals surface area contributed by atoms with Crippen LogP contribution in [0, 0.1) is 12.3 Å². The van der Waals surface area contributed by atoms with Crippen LogP contribution in [0.15, 0.2) is 45.6 Å². The summed E-state index contributed by atoms with van der Waals surface area (Å²) in [5.74, 6) is 1.52. The molecule has 3 rings (SSSR count). The van der Waals surface area contributed by atoms with Gasteiger partial charge in [-0.15, -0.1) is 0 Å². The Hall–Kier alpha value is -3.28. The SMILES string of the molecule is COc1ccc(-c2c(C)oc3cc(OC(=O)C(C)(C)C)ccc3c2=O)cc1OC. The highest BCUT2D eigenvalue weighted by Crippen LogP contribution is 2.33. The standard InChI is InChI=1S/C23H24O6/c1-13-20(14-7-10-17(26-5)19(11-14)27-6)21(24)16-9-8-15(12-18(16)28-13)29-22(25)23(2,3)4/h7-12H,1-6H3. The molecule has 1 heterocycles. The lowest BCUT2D eigenvalue weighted by Crippen LogP contribution is -2.25. The third-order valence-corrected chi connectivity index (χ3v) is 4.54. The van der Waals surface area contributed by atoms with Gasteiger partial charge in [-0.3, -0.25) is 9.59 Å². The Kier molecular flexibility index (Phi) is 5.38. The average molecular weight is 396 g/mol. The first-order valence-electron chi connectivity index (χ1n) is 9.18. The first-order valence-corrected chi connectivity index (χ1v) is 9.18. The van der Waals surface area contributed by atoms with Crippen molar-refractivity contribution in [3.05, 3.63) is 52.4 Å². The number of carbonyl (C=O) groups is 1. The Bertz CT molecular complexity index is 1130. The smallest absolute Gasteiger partial charge is 0.316 e. The van der Waals surface area contributed by atoms with Gasteiger partial charge >= 0.3 is 5.97 Å². The highest BCUT2D eigenvalue weighted by Gasteiger charge is 2.24. The predicted molar refractivity (Wildman–Crippen MR) is 111 cm³/mol. The Morgan fingerprint density at radius 3 is 2.28 bits per heavy atom. The van der Waals surface area contributed by atoms with Gasteiger partial charge in [0.1, 0.15) is 17.1 Å². The Balaban J connectivity index is 2.09. The minimum absolute atomic E-state index is 0.176. The normalized spacial score (nSPS) is 11.4. The first-order chi connectivity index (χ1) is 13.7. The zero-order valence-electron chi connectivity index (χ0n) is 17.4. The van der Waals surface area contributed by atoms with E-state index >= 15 is 0 Å². The third-order valence-electron chi connectivity index (χ3n) is 4.54. The molecule has 0 bridgehead atoms. The summed E-state index contributed by atoms with van der Waals surface area (Å²) >= 11 is 0. The average Bonchev–Trinajstić information content (AvgIpc) is 2.66. The first kappa shape index (κ1) is 20.5. The van der Waals surface area contributed by atoms with Crippen LogP contribution in [0.4, 0.5) is 0 Å². The van der Waals surface area contributed by atoms with Gasteiger partial charge in [0.15, 0.2) is 11.5 Å². The van der Waals surface area contributed by atoms with Crippen LogP contribution in [-0.2, 0) is 4.79 Å². The molecule has 0 aliphatic carbocycles. The number of hydrogen-bond acceptors (Lipinski definition) is 6. The van der Waals surface area contributed by atoms with Crippen molar-refractivity contribution in [3.63, 3.8) is 0 Å². The van der Waals surface area contributed by atoms with Gasteiger partial charge in [-0.25, -0.2) is 0 Å².